The molecule has 0 saturated heterocycles. The number of carboxylic acids is 1. The van der Waals surface area contributed by atoms with Gasteiger partial charge in [0.1, 0.15) is 11.8 Å². The summed E-state index contributed by atoms with van der Waals surface area (Å²) < 4.78 is 24.9. The third-order valence-electron chi connectivity index (χ3n) is 1.54. The molecule has 15 heavy (non-hydrogen) atoms. The number of aromatic nitrogens is 1. The molecule has 0 radical (unpaired) electrons. The number of carboxylic acid groups (broad SMARTS) is 1. The maximum absolute atomic E-state index is 12.4. The van der Waals surface area contributed by atoms with Crippen LogP contribution in [0.5, 0.6) is 0 Å². The van der Waals surface area contributed by atoms with Gasteiger partial charge in [-0.25, -0.2) is 18.6 Å². The minimum absolute atomic E-state index is 0.154. The SMILES string of the molecule is N#Cc1cc(I)c(C(=O)O)nc1C(F)F. The predicted octanol–water partition coefficient (Wildman–Crippen LogP) is 2.19. The molecule has 1 N–H and O–H groups in total. The lowest BCUT2D eigenvalue weighted by Crippen LogP contribution is -2.08. The van der Waals surface area contributed by atoms with Crippen molar-refractivity contribution >= 4 is 28.6 Å². The average Bonchev–Trinajstić information content (AvgIpc) is 2.16. The third-order valence-corrected chi connectivity index (χ3v) is 2.36. The molecule has 1 aromatic heterocycles. The van der Waals surface area contributed by atoms with Gasteiger partial charge in [0.05, 0.1) is 5.56 Å². The minimum atomic E-state index is -2.96. The third kappa shape index (κ3) is 2.38. The molecule has 4 nitrogen and oxygen atoms in total. The van der Waals surface area contributed by atoms with E-state index in [1.165, 1.54) is 0 Å². The summed E-state index contributed by atoms with van der Waals surface area (Å²) in [6.07, 6.45) is -2.96. The Bertz CT molecular complexity index is 457. The molecule has 1 rings (SSSR count). The second kappa shape index (κ2) is 4.48. The van der Waals surface area contributed by atoms with Crippen LogP contribution in [-0.4, -0.2) is 16.1 Å². The number of nitriles is 1. The van der Waals surface area contributed by atoms with Gasteiger partial charge in [0.15, 0.2) is 5.69 Å². The van der Waals surface area contributed by atoms with Gasteiger partial charge in [-0.3, -0.25) is 0 Å². The molecular formula is C8H3F2IN2O2. The topological polar surface area (TPSA) is 74.0 Å². The molecule has 0 aliphatic rings. The molecule has 0 amide bonds. The zero-order valence-corrected chi connectivity index (χ0v) is 9.20. The average molecular weight is 324 g/mol. The Balaban J connectivity index is 3.45. The van der Waals surface area contributed by atoms with Crippen LogP contribution in [0.4, 0.5) is 8.78 Å². The van der Waals surface area contributed by atoms with Crippen LogP contribution in [0.1, 0.15) is 28.2 Å². The molecular weight excluding hydrogens is 321 g/mol. The largest absolute Gasteiger partial charge is 0.476 e. The van der Waals surface area contributed by atoms with E-state index >= 15 is 0 Å². The Morgan fingerprint density at radius 2 is 2.27 bits per heavy atom. The molecule has 1 aromatic rings. The van der Waals surface area contributed by atoms with Crippen LogP contribution in [0.15, 0.2) is 6.07 Å². The van der Waals surface area contributed by atoms with E-state index in [0.29, 0.717) is 0 Å². The monoisotopic (exact) mass is 324 g/mol. The lowest BCUT2D eigenvalue weighted by atomic mass is 10.2. The summed E-state index contributed by atoms with van der Waals surface area (Å²) in [6, 6.07) is 2.63. The molecule has 78 valence electrons. The zero-order chi connectivity index (χ0) is 11.6. The van der Waals surface area contributed by atoms with E-state index in [-0.39, 0.29) is 9.13 Å². The van der Waals surface area contributed by atoms with Gasteiger partial charge in [-0.1, -0.05) is 0 Å². The number of aromatic carboxylic acids is 1. The second-order valence-corrected chi connectivity index (χ2v) is 3.63. The van der Waals surface area contributed by atoms with Crippen molar-refractivity contribution in [3.05, 3.63) is 26.6 Å². The number of carbonyl (C=O) groups is 1. The van der Waals surface area contributed by atoms with Gasteiger partial charge in [0.2, 0.25) is 0 Å². The summed E-state index contributed by atoms with van der Waals surface area (Å²) in [5, 5.41) is 17.2. The van der Waals surface area contributed by atoms with Crippen molar-refractivity contribution in [3.8, 4) is 6.07 Å². The Hall–Kier alpha value is -1.30. The first-order chi connectivity index (χ1) is 6.97. The molecule has 0 aromatic carbocycles. The normalized spacial score (nSPS) is 10.1. The first-order valence-electron chi connectivity index (χ1n) is 3.59. The number of alkyl halides is 2. The van der Waals surface area contributed by atoms with E-state index in [1.54, 1.807) is 28.7 Å². The number of pyridine rings is 1. The summed E-state index contributed by atoms with van der Waals surface area (Å²) >= 11 is 1.63. The quantitative estimate of drug-likeness (QED) is 0.847. The number of rotatable bonds is 2. The van der Waals surface area contributed by atoms with Gasteiger partial charge in [-0.2, -0.15) is 5.26 Å². The molecule has 7 heteroatoms. The first-order valence-corrected chi connectivity index (χ1v) is 4.67. The fourth-order valence-corrected chi connectivity index (χ4v) is 1.57. The first kappa shape index (κ1) is 11.8. The van der Waals surface area contributed by atoms with Gasteiger partial charge < -0.3 is 5.11 Å². The molecule has 0 spiro atoms. The summed E-state index contributed by atoms with van der Waals surface area (Å²) in [7, 11) is 0. The van der Waals surface area contributed by atoms with Gasteiger partial charge >= 0.3 is 5.97 Å². The number of hydrogen-bond acceptors (Lipinski definition) is 3. The Morgan fingerprint density at radius 1 is 1.67 bits per heavy atom. The van der Waals surface area contributed by atoms with Crippen molar-refractivity contribution in [2.45, 2.75) is 6.43 Å². The van der Waals surface area contributed by atoms with Crippen molar-refractivity contribution in [2.75, 3.05) is 0 Å². The number of nitrogens with zero attached hydrogens (tertiary/aromatic N) is 2. The highest BCUT2D eigenvalue weighted by Crippen LogP contribution is 2.23. The highest BCUT2D eigenvalue weighted by atomic mass is 127. The van der Waals surface area contributed by atoms with E-state index in [9.17, 15) is 13.6 Å². The van der Waals surface area contributed by atoms with E-state index in [2.05, 4.69) is 4.98 Å². The second-order valence-electron chi connectivity index (χ2n) is 2.47. The van der Waals surface area contributed by atoms with Gasteiger partial charge in [-0.05, 0) is 28.7 Å². The lowest BCUT2D eigenvalue weighted by Gasteiger charge is -2.04. The molecule has 0 saturated carbocycles. The van der Waals surface area contributed by atoms with E-state index in [1.807, 2.05) is 0 Å². The van der Waals surface area contributed by atoms with Crippen molar-refractivity contribution < 1.29 is 18.7 Å². The van der Waals surface area contributed by atoms with Crippen LogP contribution in [-0.2, 0) is 0 Å². The standard InChI is InChI=1S/C8H3F2IN2O2/c9-7(10)5-3(2-12)1-4(11)6(13-5)8(14)15/h1,7H,(H,14,15). The van der Waals surface area contributed by atoms with Crippen molar-refractivity contribution in [1.82, 2.24) is 4.98 Å². The van der Waals surface area contributed by atoms with Crippen LogP contribution in [0.3, 0.4) is 0 Å². The Morgan fingerprint density at radius 3 is 2.67 bits per heavy atom. The van der Waals surface area contributed by atoms with Gasteiger partial charge in [0.25, 0.3) is 6.43 Å². The lowest BCUT2D eigenvalue weighted by molar-refractivity contribution is 0.0687. The fraction of sp³-hybridized carbons (Fsp3) is 0.125. The van der Waals surface area contributed by atoms with Crippen molar-refractivity contribution in [3.63, 3.8) is 0 Å². The number of halogens is 3. The smallest absolute Gasteiger partial charge is 0.355 e. The minimum Gasteiger partial charge on any atom is -0.476 e. The summed E-state index contributed by atoms with van der Waals surface area (Å²) in [5.41, 5.74) is -1.57. The summed E-state index contributed by atoms with van der Waals surface area (Å²) in [4.78, 5) is 13.9. The molecule has 0 aliphatic heterocycles. The Kier molecular flexibility index (Phi) is 3.52. The highest BCUT2D eigenvalue weighted by molar-refractivity contribution is 14.1. The molecule has 1 heterocycles. The van der Waals surface area contributed by atoms with Crippen LogP contribution < -0.4 is 0 Å². The van der Waals surface area contributed by atoms with E-state index in [0.717, 1.165) is 6.07 Å². The maximum Gasteiger partial charge on any atom is 0.355 e. The fourth-order valence-electron chi connectivity index (χ4n) is 0.909. The zero-order valence-electron chi connectivity index (χ0n) is 7.04. The van der Waals surface area contributed by atoms with Crippen LogP contribution in [0.25, 0.3) is 0 Å². The molecule has 0 unspecified atom stereocenters. The van der Waals surface area contributed by atoms with E-state index in [4.69, 9.17) is 10.4 Å². The van der Waals surface area contributed by atoms with Crippen molar-refractivity contribution in [1.29, 1.82) is 5.26 Å². The number of hydrogen-bond donors (Lipinski definition) is 1. The Labute approximate surface area is 96.7 Å². The maximum atomic E-state index is 12.4. The predicted molar refractivity (Wildman–Crippen MR) is 53.6 cm³/mol. The van der Waals surface area contributed by atoms with Crippen LogP contribution >= 0.6 is 22.6 Å². The van der Waals surface area contributed by atoms with E-state index < -0.39 is 23.8 Å². The summed E-state index contributed by atoms with van der Waals surface area (Å²) in [5.74, 6) is -1.40. The van der Waals surface area contributed by atoms with Gasteiger partial charge in [0, 0.05) is 3.57 Å². The highest BCUT2D eigenvalue weighted by Gasteiger charge is 2.20. The van der Waals surface area contributed by atoms with Crippen LogP contribution in [0, 0.1) is 14.9 Å². The molecule has 0 fully saturated rings. The summed E-state index contributed by atoms with van der Waals surface area (Å²) in [6.45, 7) is 0. The molecule has 0 aliphatic carbocycles. The molecule has 0 bridgehead atoms. The van der Waals surface area contributed by atoms with Crippen molar-refractivity contribution in [2.24, 2.45) is 0 Å². The van der Waals surface area contributed by atoms with Gasteiger partial charge in [-0.15, -0.1) is 0 Å². The van der Waals surface area contributed by atoms with Crippen LogP contribution in [0.2, 0.25) is 0 Å². The molecule has 0 atom stereocenters.